The number of hydrogen-bond acceptors (Lipinski definition) is 3. The highest BCUT2D eigenvalue weighted by Crippen LogP contribution is 2.25. The summed E-state index contributed by atoms with van der Waals surface area (Å²) in [7, 11) is 1.46. The minimum absolute atomic E-state index is 0.229. The SMILES string of the molecule is COc1cc2ccc3ccccc3c2oc1=O. The Kier molecular flexibility index (Phi) is 2.11. The molecule has 0 unspecified atom stereocenters. The molecule has 0 saturated heterocycles. The first-order valence-corrected chi connectivity index (χ1v) is 5.29. The summed E-state index contributed by atoms with van der Waals surface area (Å²) in [6.45, 7) is 0. The van der Waals surface area contributed by atoms with Gasteiger partial charge in [0.25, 0.3) is 0 Å². The Labute approximate surface area is 97.2 Å². The monoisotopic (exact) mass is 226 g/mol. The Morgan fingerprint density at radius 2 is 1.82 bits per heavy atom. The number of rotatable bonds is 1. The van der Waals surface area contributed by atoms with E-state index >= 15 is 0 Å². The van der Waals surface area contributed by atoms with Crippen molar-refractivity contribution in [1.29, 1.82) is 0 Å². The van der Waals surface area contributed by atoms with Gasteiger partial charge in [-0.2, -0.15) is 0 Å². The van der Waals surface area contributed by atoms with Crippen molar-refractivity contribution in [3.8, 4) is 5.75 Å². The molecule has 0 aliphatic carbocycles. The van der Waals surface area contributed by atoms with Crippen LogP contribution in [0.1, 0.15) is 0 Å². The maximum Gasteiger partial charge on any atom is 0.379 e. The lowest BCUT2D eigenvalue weighted by molar-refractivity contribution is 0.386. The highest BCUT2D eigenvalue weighted by Gasteiger charge is 2.07. The third-order valence-electron chi connectivity index (χ3n) is 2.81. The fourth-order valence-corrected chi connectivity index (χ4v) is 1.97. The molecule has 1 heterocycles. The summed E-state index contributed by atoms with van der Waals surface area (Å²) >= 11 is 0. The minimum atomic E-state index is -0.448. The van der Waals surface area contributed by atoms with Crippen LogP contribution in [-0.2, 0) is 0 Å². The normalized spacial score (nSPS) is 10.9. The van der Waals surface area contributed by atoms with Gasteiger partial charge in [-0.05, 0) is 11.5 Å². The maximum atomic E-state index is 11.6. The summed E-state index contributed by atoms with van der Waals surface area (Å²) in [5, 5.41) is 2.85. The molecule has 2 aromatic carbocycles. The Morgan fingerprint density at radius 1 is 1.06 bits per heavy atom. The van der Waals surface area contributed by atoms with Crippen LogP contribution >= 0.6 is 0 Å². The largest absolute Gasteiger partial charge is 0.490 e. The van der Waals surface area contributed by atoms with Crippen LogP contribution in [0.15, 0.2) is 51.7 Å². The van der Waals surface area contributed by atoms with Crippen LogP contribution in [0.2, 0.25) is 0 Å². The summed E-state index contributed by atoms with van der Waals surface area (Å²) in [5.74, 6) is 0.229. The van der Waals surface area contributed by atoms with Crippen molar-refractivity contribution >= 4 is 21.7 Å². The molecular formula is C14H10O3. The summed E-state index contributed by atoms with van der Waals surface area (Å²) in [5.41, 5.74) is 0.158. The van der Waals surface area contributed by atoms with Gasteiger partial charge in [0, 0.05) is 10.8 Å². The average Bonchev–Trinajstić information content (AvgIpc) is 2.38. The number of benzene rings is 2. The molecule has 1 aromatic heterocycles. The quantitative estimate of drug-likeness (QED) is 0.473. The molecule has 0 atom stereocenters. The first-order chi connectivity index (χ1) is 8.29. The molecule has 0 spiro atoms. The van der Waals surface area contributed by atoms with E-state index in [1.54, 1.807) is 6.07 Å². The van der Waals surface area contributed by atoms with Gasteiger partial charge in [0.1, 0.15) is 5.58 Å². The second-order valence-corrected chi connectivity index (χ2v) is 3.81. The Bertz CT molecular complexity index is 756. The van der Waals surface area contributed by atoms with E-state index in [9.17, 15) is 4.79 Å². The molecular weight excluding hydrogens is 216 g/mol. The van der Waals surface area contributed by atoms with Crippen molar-refractivity contribution in [2.45, 2.75) is 0 Å². The predicted octanol–water partition coefficient (Wildman–Crippen LogP) is 2.95. The lowest BCUT2D eigenvalue weighted by Crippen LogP contribution is -2.03. The molecule has 0 amide bonds. The van der Waals surface area contributed by atoms with E-state index in [-0.39, 0.29) is 5.75 Å². The van der Waals surface area contributed by atoms with Gasteiger partial charge < -0.3 is 9.15 Å². The molecule has 3 aromatic rings. The zero-order valence-corrected chi connectivity index (χ0v) is 9.27. The fraction of sp³-hybridized carbons (Fsp3) is 0.0714. The van der Waals surface area contributed by atoms with E-state index in [4.69, 9.17) is 9.15 Å². The van der Waals surface area contributed by atoms with Gasteiger partial charge in [-0.25, -0.2) is 4.79 Å². The standard InChI is InChI=1S/C14H10O3/c1-16-12-8-10-7-6-9-4-2-3-5-11(9)13(10)17-14(12)15/h2-8H,1H3. The summed E-state index contributed by atoms with van der Waals surface area (Å²) in [4.78, 5) is 11.6. The summed E-state index contributed by atoms with van der Waals surface area (Å²) < 4.78 is 10.3. The van der Waals surface area contributed by atoms with Crippen LogP contribution in [0.25, 0.3) is 21.7 Å². The third kappa shape index (κ3) is 1.47. The highest BCUT2D eigenvalue weighted by molar-refractivity contribution is 6.04. The number of hydrogen-bond donors (Lipinski definition) is 0. The van der Waals surface area contributed by atoms with Crippen molar-refractivity contribution in [3.05, 3.63) is 52.9 Å². The van der Waals surface area contributed by atoms with Gasteiger partial charge in [0.2, 0.25) is 5.75 Å². The van der Waals surface area contributed by atoms with Gasteiger partial charge in [-0.15, -0.1) is 0 Å². The third-order valence-corrected chi connectivity index (χ3v) is 2.81. The molecule has 0 N–H and O–H groups in total. The molecule has 3 heteroatoms. The van der Waals surface area contributed by atoms with Crippen molar-refractivity contribution in [3.63, 3.8) is 0 Å². The van der Waals surface area contributed by atoms with Gasteiger partial charge in [-0.1, -0.05) is 36.4 Å². The van der Waals surface area contributed by atoms with Crippen molar-refractivity contribution in [2.75, 3.05) is 7.11 Å². The maximum absolute atomic E-state index is 11.6. The Morgan fingerprint density at radius 3 is 2.65 bits per heavy atom. The second kappa shape index (κ2) is 3.63. The van der Waals surface area contributed by atoms with Crippen LogP contribution in [0.4, 0.5) is 0 Å². The van der Waals surface area contributed by atoms with Crippen molar-refractivity contribution in [2.24, 2.45) is 0 Å². The van der Waals surface area contributed by atoms with E-state index in [1.165, 1.54) is 7.11 Å². The van der Waals surface area contributed by atoms with Crippen LogP contribution in [0, 0.1) is 0 Å². The van der Waals surface area contributed by atoms with Crippen LogP contribution < -0.4 is 10.4 Å². The first kappa shape index (κ1) is 9.90. The Balaban J connectivity index is 2.51. The highest BCUT2D eigenvalue weighted by atomic mass is 16.5. The van der Waals surface area contributed by atoms with Crippen LogP contribution in [0.5, 0.6) is 5.75 Å². The Hall–Kier alpha value is -2.29. The molecule has 3 nitrogen and oxygen atoms in total. The summed E-state index contributed by atoms with van der Waals surface area (Å²) in [6.07, 6.45) is 0. The second-order valence-electron chi connectivity index (χ2n) is 3.81. The minimum Gasteiger partial charge on any atom is -0.490 e. The molecule has 0 fully saturated rings. The molecule has 0 bridgehead atoms. The number of methoxy groups -OCH3 is 1. The lowest BCUT2D eigenvalue weighted by atomic mass is 10.1. The molecule has 0 radical (unpaired) electrons. The predicted molar refractivity (Wildman–Crippen MR) is 66.5 cm³/mol. The van der Waals surface area contributed by atoms with Gasteiger partial charge in [0.15, 0.2) is 0 Å². The van der Waals surface area contributed by atoms with E-state index < -0.39 is 5.63 Å². The molecule has 0 aliphatic heterocycles. The smallest absolute Gasteiger partial charge is 0.379 e. The van der Waals surface area contributed by atoms with Crippen LogP contribution in [0.3, 0.4) is 0 Å². The van der Waals surface area contributed by atoms with Crippen molar-refractivity contribution < 1.29 is 9.15 Å². The molecule has 84 valence electrons. The summed E-state index contributed by atoms with van der Waals surface area (Å²) in [6, 6.07) is 13.4. The van der Waals surface area contributed by atoms with Gasteiger partial charge in [0.05, 0.1) is 7.11 Å². The number of fused-ring (bicyclic) bond motifs is 3. The molecule has 17 heavy (non-hydrogen) atoms. The molecule has 0 saturated carbocycles. The number of ether oxygens (including phenoxy) is 1. The zero-order valence-electron chi connectivity index (χ0n) is 9.27. The molecule has 3 rings (SSSR count). The van der Waals surface area contributed by atoms with E-state index in [0.29, 0.717) is 5.58 Å². The average molecular weight is 226 g/mol. The van der Waals surface area contributed by atoms with E-state index in [2.05, 4.69) is 0 Å². The fourth-order valence-electron chi connectivity index (χ4n) is 1.97. The van der Waals surface area contributed by atoms with E-state index in [1.807, 2.05) is 36.4 Å². The molecule has 0 aliphatic rings. The lowest BCUT2D eigenvalue weighted by Gasteiger charge is -2.03. The van der Waals surface area contributed by atoms with E-state index in [0.717, 1.165) is 16.2 Å². The van der Waals surface area contributed by atoms with Gasteiger partial charge >= 0.3 is 5.63 Å². The van der Waals surface area contributed by atoms with Gasteiger partial charge in [-0.3, -0.25) is 0 Å². The zero-order chi connectivity index (χ0) is 11.8. The topological polar surface area (TPSA) is 39.4 Å². The van der Waals surface area contributed by atoms with Crippen molar-refractivity contribution in [1.82, 2.24) is 0 Å². The first-order valence-electron chi connectivity index (χ1n) is 5.29. The van der Waals surface area contributed by atoms with Crippen LogP contribution in [-0.4, -0.2) is 7.11 Å².